The fraction of sp³-hybridized carbons (Fsp3) is 0.200. The molecule has 2 aromatic carbocycles. The molecule has 1 aliphatic heterocycles. The van der Waals surface area contributed by atoms with Gasteiger partial charge in [0.2, 0.25) is 0 Å². The van der Waals surface area contributed by atoms with Gasteiger partial charge in [-0.3, -0.25) is 0 Å². The van der Waals surface area contributed by atoms with Crippen LogP contribution in [-0.4, -0.2) is 5.11 Å². The zero-order valence-electron chi connectivity index (χ0n) is 10.3. The predicted molar refractivity (Wildman–Crippen MR) is 75.8 cm³/mol. The lowest BCUT2D eigenvalue weighted by atomic mass is 9.95. The Morgan fingerprint density at radius 1 is 1.10 bits per heavy atom. The van der Waals surface area contributed by atoms with E-state index in [1.807, 2.05) is 0 Å². The molecule has 1 heterocycles. The standard InChI is InChI=1S/C15H11Cl2FO2/c16-8-1-3-12(17)10(5-8)15-7-13(19)11-6-9(18)2-4-14(11)20-15/h1-6,13,15,19H,7H2/t13-,15?/m1/s1. The first-order valence-corrected chi connectivity index (χ1v) is 6.89. The maximum Gasteiger partial charge on any atom is 0.128 e. The van der Waals surface area contributed by atoms with Crippen LogP contribution in [0.25, 0.3) is 0 Å². The van der Waals surface area contributed by atoms with Crippen molar-refractivity contribution in [3.63, 3.8) is 0 Å². The van der Waals surface area contributed by atoms with Crippen molar-refractivity contribution in [2.24, 2.45) is 0 Å². The molecule has 20 heavy (non-hydrogen) atoms. The summed E-state index contributed by atoms with van der Waals surface area (Å²) in [5, 5.41) is 11.2. The first-order chi connectivity index (χ1) is 9.54. The van der Waals surface area contributed by atoms with Gasteiger partial charge in [-0.15, -0.1) is 0 Å². The smallest absolute Gasteiger partial charge is 0.128 e. The van der Waals surface area contributed by atoms with Gasteiger partial charge in [-0.1, -0.05) is 23.2 Å². The molecule has 3 rings (SSSR count). The van der Waals surface area contributed by atoms with Crippen molar-refractivity contribution in [3.05, 3.63) is 63.4 Å². The molecule has 1 N–H and O–H groups in total. The van der Waals surface area contributed by atoms with Crippen LogP contribution in [0.4, 0.5) is 4.39 Å². The van der Waals surface area contributed by atoms with Crippen LogP contribution in [-0.2, 0) is 0 Å². The third-order valence-corrected chi connectivity index (χ3v) is 3.92. The van der Waals surface area contributed by atoms with E-state index >= 15 is 0 Å². The van der Waals surface area contributed by atoms with Crippen LogP contribution < -0.4 is 4.74 Å². The third kappa shape index (κ3) is 2.49. The topological polar surface area (TPSA) is 29.5 Å². The Labute approximate surface area is 125 Å². The average molecular weight is 313 g/mol. The summed E-state index contributed by atoms with van der Waals surface area (Å²) >= 11 is 12.1. The minimum Gasteiger partial charge on any atom is -0.485 e. The summed E-state index contributed by atoms with van der Waals surface area (Å²) in [6.07, 6.45) is -0.903. The SMILES string of the molecule is O[C@@H]1CC(c2cc(Cl)ccc2Cl)Oc2ccc(F)cc21. The van der Waals surface area contributed by atoms with Gasteiger partial charge in [0.05, 0.1) is 6.10 Å². The number of fused-ring (bicyclic) bond motifs is 1. The molecule has 2 aromatic rings. The van der Waals surface area contributed by atoms with Crippen molar-refractivity contribution in [2.45, 2.75) is 18.6 Å². The summed E-state index contributed by atoms with van der Waals surface area (Å²) in [7, 11) is 0. The van der Waals surface area contributed by atoms with Crippen molar-refractivity contribution >= 4 is 23.2 Å². The van der Waals surface area contributed by atoms with Gasteiger partial charge in [0.25, 0.3) is 0 Å². The number of halogens is 3. The maximum atomic E-state index is 13.2. The molecule has 0 aromatic heterocycles. The molecule has 0 saturated carbocycles. The second kappa shape index (κ2) is 5.24. The number of aliphatic hydroxyl groups is 1. The van der Waals surface area contributed by atoms with Crippen LogP contribution in [0.2, 0.25) is 10.0 Å². The largest absolute Gasteiger partial charge is 0.485 e. The van der Waals surface area contributed by atoms with Crippen molar-refractivity contribution in [1.82, 2.24) is 0 Å². The minimum absolute atomic E-state index is 0.302. The monoisotopic (exact) mass is 312 g/mol. The second-order valence-corrected chi connectivity index (χ2v) is 5.55. The van der Waals surface area contributed by atoms with Crippen molar-refractivity contribution < 1.29 is 14.2 Å². The summed E-state index contributed by atoms with van der Waals surface area (Å²) in [6.45, 7) is 0. The summed E-state index contributed by atoms with van der Waals surface area (Å²) in [5.74, 6) is 0.0665. The van der Waals surface area contributed by atoms with E-state index in [-0.39, 0.29) is 0 Å². The maximum absolute atomic E-state index is 13.2. The Morgan fingerprint density at radius 2 is 1.90 bits per heavy atom. The van der Waals surface area contributed by atoms with Crippen LogP contribution >= 0.6 is 23.2 Å². The molecule has 5 heteroatoms. The molecule has 0 bridgehead atoms. The molecule has 2 atom stereocenters. The van der Waals surface area contributed by atoms with Crippen LogP contribution in [0.5, 0.6) is 5.75 Å². The molecular weight excluding hydrogens is 302 g/mol. The zero-order valence-corrected chi connectivity index (χ0v) is 11.8. The van der Waals surface area contributed by atoms with Gasteiger partial charge in [-0.25, -0.2) is 4.39 Å². The van der Waals surface area contributed by atoms with Gasteiger partial charge in [0.1, 0.15) is 17.7 Å². The molecule has 1 unspecified atom stereocenters. The van der Waals surface area contributed by atoms with Gasteiger partial charge >= 0.3 is 0 Å². The van der Waals surface area contributed by atoms with Crippen LogP contribution in [0.3, 0.4) is 0 Å². The lowest BCUT2D eigenvalue weighted by molar-refractivity contribution is 0.0654. The molecule has 0 amide bonds. The van der Waals surface area contributed by atoms with E-state index in [1.54, 1.807) is 18.2 Å². The second-order valence-electron chi connectivity index (χ2n) is 4.71. The zero-order chi connectivity index (χ0) is 14.3. The number of aliphatic hydroxyl groups excluding tert-OH is 1. The normalized spacial score (nSPS) is 21.2. The van der Waals surface area contributed by atoms with Crippen LogP contribution in [0, 0.1) is 5.82 Å². The summed E-state index contributed by atoms with van der Waals surface area (Å²) in [5.41, 5.74) is 1.17. The van der Waals surface area contributed by atoms with E-state index in [1.165, 1.54) is 18.2 Å². The Morgan fingerprint density at radius 3 is 2.70 bits per heavy atom. The van der Waals surface area contributed by atoms with E-state index in [2.05, 4.69) is 0 Å². The highest BCUT2D eigenvalue weighted by Crippen LogP contribution is 2.43. The molecule has 2 nitrogen and oxygen atoms in total. The molecule has 0 fully saturated rings. The Kier molecular flexibility index (Phi) is 3.59. The fourth-order valence-electron chi connectivity index (χ4n) is 2.37. The van der Waals surface area contributed by atoms with E-state index in [9.17, 15) is 9.50 Å². The van der Waals surface area contributed by atoms with Crippen LogP contribution in [0.1, 0.15) is 29.8 Å². The first-order valence-electron chi connectivity index (χ1n) is 6.13. The summed E-state index contributed by atoms with van der Waals surface area (Å²) < 4.78 is 19.0. The minimum atomic E-state index is -0.797. The third-order valence-electron chi connectivity index (χ3n) is 3.34. The highest BCUT2D eigenvalue weighted by atomic mass is 35.5. The number of hydrogen-bond donors (Lipinski definition) is 1. The number of rotatable bonds is 1. The van der Waals surface area contributed by atoms with Crippen molar-refractivity contribution in [1.29, 1.82) is 0 Å². The fourth-order valence-corrected chi connectivity index (χ4v) is 2.79. The quantitative estimate of drug-likeness (QED) is 0.827. The van der Waals surface area contributed by atoms with E-state index in [0.29, 0.717) is 33.3 Å². The highest BCUT2D eigenvalue weighted by Gasteiger charge is 2.29. The van der Waals surface area contributed by atoms with Gasteiger partial charge in [0.15, 0.2) is 0 Å². The van der Waals surface area contributed by atoms with Gasteiger partial charge in [-0.2, -0.15) is 0 Å². The van der Waals surface area contributed by atoms with E-state index in [4.69, 9.17) is 27.9 Å². The van der Waals surface area contributed by atoms with Gasteiger partial charge < -0.3 is 9.84 Å². The molecule has 104 valence electrons. The average Bonchev–Trinajstić information content (AvgIpc) is 2.42. The Hall–Kier alpha value is -1.29. The molecule has 0 spiro atoms. The van der Waals surface area contributed by atoms with Crippen molar-refractivity contribution in [3.8, 4) is 5.75 Å². The number of ether oxygens (including phenoxy) is 1. The van der Waals surface area contributed by atoms with Crippen LogP contribution in [0.15, 0.2) is 36.4 Å². The lowest BCUT2D eigenvalue weighted by Gasteiger charge is -2.30. The lowest BCUT2D eigenvalue weighted by Crippen LogP contribution is -2.19. The predicted octanol–water partition coefficient (Wildman–Crippen LogP) is 4.69. The van der Waals surface area contributed by atoms with Gasteiger partial charge in [-0.05, 0) is 36.4 Å². The molecule has 0 saturated heterocycles. The molecule has 0 aliphatic carbocycles. The van der Waals surface area contributed by atoms with Gasteiger partial charge in [0, 0.05) is 27.6 Å². The highest BCUT2D eigenvalue weighted by molar-refractivity contribution is 6.33. The molecule has 1 aliphatic rings. The summed E-state index contributed by atoms with van der Waals surface area (Å²) in [6, 6.07) is 9.20. The molecule has 0 radical (unpaired) electrons. The first kappa shape index (κ1) is 13.7. The van der Waals surface area contributed by atoms with E-state index in [0.717, 1.165) is 0 Å². The number of benzene rings is 2. The Bertz CT molecular complexity index is 660. The summed E-state index contributed by atoms with van der Waals surface area (Å²) in [4.78, 5) is 0. The van der Waals surface area contributed by atoms with E-state index < -0.39 is 18.0 Å². The Balaban J connectivity index is 1.99. The molecular formula is C15H11Cl2FO2. The van der Waals surface area contributed by atoms with Crippen molar-refractivity contribution in [2.75, 3.05) is 0 Å². The number of hydrogen-bond acceptors (Lipinski definition) is 2.